The van der Waals surface area contributed by atoms with Gasteiger partial charge in [-0.2, -0.15) is 13.2 Å². The van der Waals surface area contributed by atoms with Gasteiger partial charge < -0.3 is 10.0 Å². The number of benzene rings is 1. The van der Waals surface area contributed by atoms with Crippen molar-refractivity contribution in [2.75, 3.05) is 24.6 Å². The van der Waals surface area contributed by atoms with Gasteiger partial charge in [0.05, 0.1) is 17.1 Å². The van der Waals surface area contributed by atoms with Crippen molar-refractivity contribution in [3.8, 4) is 0 Å². The van der Waals surface area contributed by atoms with E-state index in [-0.39, 0.29) is 17.8 Å². The number of rotatable bonds is 6. The van der Waals surface area contributed by atoms with Crippen LogP contribution in [0.15, 0.2) is 18.2 Å². The molecule has 0 fully saturated rings. The van der Waals surface area contributed by atoms with E-state index in [0.717, 1.165) is 30.0 Å². The number of halogens is 3. The summed E-state index contributed by atoms with van der Waals surface area (Å²) in [5.74, 6) is -0.625. The maximum atomic E-state index is 12.5. The SMILES string of the molecule is CC(=O)c1cc(N(CCO)CC(F)(F)F)ccc1[N+](=O)[O-]. The second-order valence-electron chi connectivity index (χ2n) is 4.28. The molecule has 1 rings (SSSR count). The van der Waals surface area contributed by atoms with E-state index in [1.165, 1.54) is 0 Å². The van der Waals surface area contributed by atoms with E-state index in [1.807, 2.05) is 0 Å². The molecule has 21 heavy (non-hydrogen) atoms. The molecule has 0 unspecified atom stereocenters. The first kappa shape index (κ1) is 16.9. The zero-order chi connectivity index (χ0) is 16.2. The highest BCUT2D eigenvalue weighted by Gasteiger charge is 2.31. The molecular weight excluding hydrogens is 293 g/mol. The Bertz CT molecular complexity index is 546. The Balaban J connectivity index is 3.24. The minimum absolute atomic E-state index is 0.0165. The molecule has 0 radical (unpaired) electrons. The highest BCUT2D eigenvalue weighted by atomic mass is 19.4. The minimum Gasteiger partial charge on any atom is -0.395 e. The van der Waals surface area contributed by atoms with Gasteiger partial charge in [-0.05, 0) is 19.1 Å². The van der Waals surface area contributed by atoms with Gasteiger partial charge in [-0.1, -0.05) is 0 Å². The first-order valence-electron chi connectivity index (χ1n) is 5.87. The molecule has 0 spiro atoms. The third-order valence-corrected chi connectivity index (χ3v) is 2.66. The number of hydrogen-bond donors (Lipinski definition) is 1. The van der Waals surface area contributed by atoms with Gasteiger partial charge in [0, 0.05) is 18.3 Å². The predicted molar refractivity (Wildman–Crippen MR) is 68.5 cm³/mol. The molecule has 0 heterocycles. The quantitative estimate of drug-likeness (QED) is 0.494. The maximum Gasteiger partial charge on any atom is 0.405 e. The summed E-state index contributed by atoms with van der Waals surface area (Å²) in [6.45, 7) is -1.08. The summed E-state index contributed by atoms with van der Waals surface area (Å²) >= 11 is 0. The van der Waals surface area contributed by atoms with Crippen LogP contribution < -0.4 is 4.90 Å². The minimum atomic E-state index is -4.51. The fourth-order valence-electron chi connectivity index (χ4n) is 1.80. The molecule has 1 N–H and O–H groups in total. The third kappa shape index (κ3) is 4.71. The second-order valence-corrected chi connectivity index (χ2v) is 4.28. The van der Waals surface area contributed by atoms with Gasteiger partial charge in [0.15, 0.2) is 5.78 Å². The smallest absolute Gasteiger partial charge is 0.395 e. The summed E-state index contributed by atoms with van der Waals surface area (Å²) in [5, 5.41) is 19.6. The fourth-order valence-corrected chi connectivity index (χ4v) is 1.80. The van der Waals surface area contributed by atoms with Crippen LogP contribution in [0.3, 0.4) is 0 Å². The van der Waals surface area contributed by atoms with Crippen LogP contribution >= 0.6 is 0 Å². The number of nitro groups is 1. The van der Waals surface area contributed by atoms with E-state index < -0.39 is 35.7 Å². The number of alkyl halides is 3. The number of aliphatic hydroxyl groups excluding tert-OH is 1. The molecule has 0 aliphatic carbocycles. The molecular formula is C12H13F3N2O4. The van der Waals surface area contributed by atoms with Crippen molar-refractivity contribution in [1.29, 1.82) is 0 Å². The number of nitro benzene ring substituents is 1. The predicted octanol–water partition coefficient (Wildman–Crippen LogP) is 2.16. The molecule has 0 amide bonds. The number of hydrogen-bond acceptors (Lipinski definition) is 5. The Morgan fingerprint density at radius 2 is 2.05 bits per heavy atom. The highest BCUT2D eigenvalue weighted by Crippen LogP contribution is 2.27. The second kappa shape index (κ2) is 6.53. The van der Waals surface area contributed by atoms with Gasteiger partial charge in [0.2, 0.25) is 0 Å². The number of carbonyl (C=O) groups is 1. The van der Waals surface area contributed by atoms with E-state index in [2.05, 4.69) is 0 Å². The van der Waals surface area contributed by atoms with E-state index in [9.17, 15) is 28.1 Å². The van der Waals surface area contributed by atoms with Gasteiger partial charge in [-0.25, -0.2) is 0 Å². The summed E-state index contributed by atoms with van der Waals surface area (Å²) < 4.78 is 37.4. The third-order valence-electron chi connectivity index (χ3n) is 2.66. The molecule has 0 aliphatic rings. The number of ketones is 1. The van der Waals surface area contributed by atoms with Crippen LogP contribution in [0, 0.1) is 10.1 Å². The lowest BCUT2D eigenvalue weighted by Gasteiger charge is -2.25. The normalized spacial score (nSPS) is 11.3. The summed E-state index contributed by atoms with van der Waals surface area (Å²) in [5.41, 5.74) is -0.762. The average Bonchev–Trinajstić information content (AvgIpc) is 2.35. The Hall–Kier alpha value is -2.16. The zero-order valence-electron chi connectivity index (χ0n) is 11.1. The molecule has 1 aromatic carbocycles. The molecule has 6 nitrogen and oxygen atoms in total. The Labute approximate surface area is 117 Å². The molecule has 0 bridgehead atoms. The van der Waals surface area contributed by atoms with Gasteiger partial charge in [-0.15, -0.1) is 0 Å². The molecule has 9 heteroatoms. The Morgan fingerprint density at radius 3 is 2.48 bits per heavy atom. The monoisotopic (exact) mass is 306 g/mol. The molecule has 0 saturated heterocycles. The van der Waals surface area contributed by atoms with E-state index in [0.29, 0.717) is 0 Å². The van der Waals surface area contributed by atoms with Gasteiger partial charge in [0.25, 0.3) is 5.69 Å². The van der Waals surface area contributed by atoms with Crippen LogP contribution in [0.1, 0.15) is 17.3 Å². The van der Waals surface area contributed by atoms with Crippen molar-refractivity contribution in [3.05, 3.63) is 33.9 Å². The van der Waals surface area contributed by atoms with Crippen molar-refractivity contribution >= 4 is 17.2 Å². The number of aliphatic hydroxyl groups is 1. The zero-order valence-corrected chi connectivity index (χ0v) is 11.1. The molecule has 0 saturated carbocycles. The first-order chi connectivity index (χ1) is 9.65. The van der Waals surface area contributed by atoms with E-state index >= 15 is 0 Å². The van der Waals surface area contributed by atoms with Crippen LogP contribution in [-0.4, -0.2) is 41.7 Å². The highest BCUT2D eigenvalue weighted by molar-refractivity contribution is 5.99. The number of carbonyl (C=O) groups excluding carboxylic acids is 1. The van der Waals surface area contributed by atoms with Crippen LogP contribution in [0.5, 0.6) is 0 Å². The van der Waals surface area contributed by atoms with Gasteiger partial charge >= 0.3 is 6.18 Å². The van der Waals surface area contributed by atoms with Crippen molar-refractivity contribution in [2.24, 2.45) is 0 Å². The van der Waals surface area contributed by atoms with E-state index in [1.54, 1.807) is 0 Å². The number of Topliss-reactive ketones (excluding diaryl/α,β-unsaturated/α-hetero) is 1. The largest absolute Gasteiger partial charge is 0.405 e. The number of anilines is 1. The summed E-state index contributed by atoms with van der Waals surface area (Å²) in [6.07, 6.45) is -4.51. The van der Waals surface area contributed by atoms with Gasteiger partial charge in [0.1, 0.15) is 6.54 Å². The van der Waals surface area contributed by atoms with Crippen molar-refractivity contribution in [2.45, 2.75) is 13.1 Å². The molecule has 0 aliphatic heterocycles. The molecule has 0 atom stereocenters. The lowest BCUT2D eigenvalue weighted by atomic mass is 10.1. The lowest BCUT2D eigenvalue weighted by molar-refractivity contribution is -0.385. The average molecular weight is 306 g/mol. The Kier molecular flexibility index (Phi) is 5.25. The van der Waals surface area contributed by atoms with E-state index in [4.69, 9.17) is 5.11 Å². The standard InChI is InChI=1S/C12H13F3N2O4/c1-8(19)10-6-9(2-3-11(10)17(20)21)16(4-5-18)7-12(13,14)15/h2-3,6,18H,4-5,7H2,1H3. The van der Waals surface area contributed by atoms with Crippen molar-refractivity contribution in [1.82, 2.24) is 0 Å². The van der Waals surface area contributed by atoms with Crippen LogP contribution in [0.2, 0.25) is 0 Å². The molecule has 0 aromatic heterocycles. The first-order valence-corrected chi connectivity index (χ1v) is 5.87. The summed E-state index contributed by atoms with van der Waals surface area (Å²) in [4.78, 5) is 22.2. The van der Waals surface area contributed by atoms with Crippen LogP contribution in [0.25, 0.3) is 0 Å². The van der Waals surface area contributed by atoms with Crippen LogP contribution in [-0.2, 0) is 0 Å². The fraction of sp³-hybridized carbons (Fsp3) is 0.417. The summed E-state index contributed by atoms with van der Waals surface area (Å²) in [7, 11) is 0. The summed E-state index contributed by atoms with van der Waals surface area (Å²) in [6, 6.07) is 3.13. The molecule has 116 valence electrons. The van der Waals surface area contributed by atoms with Crippen molar-refractivity contribution < 1.29 is 28.0 Å². The Morgan fingerprint density at radius 1 is 1.43 bits per heavy atom. The van der Waals surface area contributed by atoms with Gasteiger partial charge in [-0.3, -0.25) is 14.9 Å². The number of nitrogens with zero attached hydrogens (tertiary/aromatic N) is 2. The van der Waals surface area contributed by atoms with Crippen LogP contribution in [0.4, 0.5) is 24.5 Å². The molecule has 1 aromatic rings. The lowest BCUT2D eigenvalue weighted by Crippen LogP contribution is -2.36. The topological polar surface area (TPSA) is 83.7 Å². The van der Waals surface area contributed by atoms with Crippen molar-refractivity contribution in [3.63, 3.8) is 0 Å². The maximum absolute atomic E-state index is 12.5.